The van der Waals surface area contributed by atoms with E-state index in [-0.39, 0.29) is 24.0 Å². The molecule has 0 spiro atoms. The molecule has 6 nitrogen and oxygen atoms in total. The highest BCUT2D eigenvalue weighted by molar-refractivity contribution is 14.0. The highest BCUT2D eigenvalue weighted by atomic mass is 127. The van der Waals surface area contributed by atoms with Crippen LogP contribution in [0.25, 0.3) is 0 Å². The molecule has 0 bridgehead atoms. The maximum absolute atomic E-state index is 4.83. The maximum atomic E-state index is 4.83. The van der Waals surface area contributed by atoms with Gasteiger partial charge in [-0.2, -0.15) is 0 Å². The van der Waals surface area contributed by atoms with Crippen LogP contribution in [0.2, 0.25) is 0 Å². The molecule has 1 aromatic carbocycles. The molecule has 3 rings (SSSR count). The molecule has 7 heteroatoms. The van der Waals surface area contributed by atoms with Crippen molar-refractivity contribution in [3.8, 4) is 0 Å². The van der Waals surface area contributed by atoms with Gasteiger partial charge in [0.25, 0.3) is 0 Å². The number of aromatic nitrogens is 2. The molecule has 0 amide bonds. The van der Waals surface area contributed by atoms with E-state index in [2.05, 4.69) is 70.1 Å². The third-order valence-corrected chi connectivity index (χ3v) is 5.28. The van der Waals surface area contributed by atoms with Gasteiger partial charge in [0.1, 0.15) is 0 Å². The lowest BCUT2D eigenvalue weighted by molar-refractivity contribution is 0.167. The van der Waals surface area contributed by atoms with Crippen molar-refractivity contribution < 1.29 is 0 Å². The van der Waals surface area contributed by atoms with Gasteiger partial charge in [0.15, 0.2) is 5.96 Å². The summed E-state index contributed by atoms with van der Waals surface area (Å²) in [4.78, 5) is 11.5. The summed E-state index contributed by atoms with van der Waals surface area (Å²) in [6.45, 7) is 11.4. The number of nitrogens with one attached hydrogen (secondary N) is 2. The number of guanidine groups is 1. The number of halogens is 1. The van der Waals surface area contributed by atoms with E-state index < -0.39 is 0 Å². The van der Waals surface area contributed by atoms with Gasteiger partial charge < -0.3 is 20.1 Å². The number of benzene rings is 1. The van der Waals surface area contributed by atoms with Crippen LogP contribution in [0.1, 0.15) is 44.7 Å². The monoisotopic (exact) mass is 510 g/mol. The molecule has 1 aromatic heterocycles. The molecule has 0 atom stereocenters. The van der Waals surface area contributed by atoms with Crippen LogP contribution in [0.4, 0.5) is 0 Å². The van der Waals surface area contributed by atoms with Crippen molar-refractivity contribution in [1.82, 2.24) is 25.1 Å². The lowest BCUT2D eigenvalue weighted by Gasteiger charge is -2.35. The maximum Gasteiger partial charge on any atom is 0.191 e. The van der Waals surface area contributed by atoms with Gasteiger partial charge in [-0.3, -0.25) is 0 Å². The van der Waals surface area contributed by atoms with Crippen molar-refractivity contribution >= 4 is 29.9 Å². The fourth-order valence-corrected chi connectivity index (χ4v) is 3.66. The normalized spacial score (nSPS) is 15.9. The molecule has 1 aliphatic rings. The SMILES string of the molecule is CCNC(=NCc1cccc(Cn2ccnc2)c1)NC1CCN(C(C)C)CC1.I. The predicted molar refractivity (Wildman–Crippen MR) is 131 cm³/mol. The smallest absolute Gasteiger partial charge is 0.191 e. The molecule has 0 saturated carbocycles. The second kappa shape index (κ2) is 12.2. The number of rotatable bonds is 7. The minimum atomic E-state index is 0. The zero-order valence-electron chi connectivity index (χ0n) is 17.8. The fraction of sp³-hybridized carbons (Fsp3) is 0.545. The number of likely N-dealkylation sites (tertiary alicyclic amines) is 1. The molecule has 160 valence electrons. The van der Waals surface area contributed by atoms with Crippen LogP contribution < -0.4 is 10.6 Å². The minimum absolute atomic E-state index is 0. The zero-order valence-corrected chi connectivity index (χ0v) is 20.2. The molecule has 1 aliphatic heterocycles. The minimum Gasteiger partial charge on any atom is -0.357 e. The highest BCUT2D eigenvalue weighted by Gasteiger charge is 2.21. The molecule has 2 heterocycles. The summed E-state index contributed by atoms with van der Waals surface area (Å²) in [5.41, 5.74) is 2.49. The van der Waals surface area contributed by atoms with E-state index in [1.165, 1.54) is 24.0 Å². The molecule has 0 unspecified atom stereocenters. The Labute approximate surface area is 192 Å². The van der Waals surface area contributed by atoms with Gasteiger partial charge in [0.2, 0.25) is 0 Å². The van der Waals surface area contributed by atoms with Crippen molar-refractivity contribution in [2.45, 2.75) is 58.8 Å². The molecule has 1 saturated heterocycles. The number of piperidine rings is 1. The summed E-state index contributed by atoms with van der Waals surface area (Å²) < 4.78 is 2.08. The highest BCUT2D eigenvalue weighted by Crippen LogP contribution is 2.13. The quantitative estimate of drug-likeness (QED) is 0.340. The Hall–Kier alpha value is -1.61. The second-order valence-electron chi connectivity index (χ2n) is 7.80. The van der Waals surface area contributed by atoms with Gasteiger partial charge in [-0.15, -0.1) is 24.0 Å². The van der Waals surface area contributed by atoms with E-state index in [0.717, 1.165) is 32.1 Å². The first-order valence-corrected chi connectivity index (χ1v) is 10.5. The molecule has 2 N–H and O–H groups in total. The number of nitrogens with zero attached hydrogens (tertiary/aromatic N) is 4. The Balaban J connectivity index is 0.00000300. The van der Waals surface area contributed by atoms with Crippen LogP contribution in [0, 0.1) is 0 Å². The average Bonchev–Trinajstić information content (AvgIpc) is 3.20. The topological polar surface area (TPSA) is 57.5 Å². The first kappa shape index (κ1) is 23.7. The molecule has 0 radical (unpaired) electrons. The van der Waals surface area contributed by atoms with Gasteiger partial charge >= 0.3 is 0 Å². The molecule has 0 aliphatic carbocycles. The number of aliphatic imine (C=N–C) groups is 1. The molecule has 29 heavy (non-hydrogen) atoms. The Kier molecular flexibility index (Phi) is 9.93. The van der Waals surface area contributed by atoms with Crippen LogP contribution >= 0.6 is 24.0 Å². The summed E-state index contributed by atoms with van der Waals surface area (Å²) in [6, 6.07) is 9.77. The third-order valence-electron chi connectivity index (χ3n) is 5.28. The van der Waals surface area contributed by atoms with Crippen molar-refractivity contribution in [2.75, 3.05) is 19.6 Å². The molecular formula is C22H35IN6. The fourth-order valence-electron chi connectivity index (χ4n) is 3.66. The van der Waals surface area contributed by atoms with Crippen LogP contribution in [-0.2, 0) is 13.1 Å². The lowest BCUT2D eigenvalue weighted by atomic mass is 10.0. The molecule has 2 aromatic rings. The largest absolute Gasteiger partial charge is 0.357 e. The second-order valence-corrected chi connectivity index (χ2v) is 7.80. The van der Waals surface area contributed by atoms with E-state index in [4.69, 9.17) is 4.99 Å². The summed E-state index contributed by atoms with van der Waals surface area (Å²) >= 11 is 0. The van der Waals surface area contributed by atoms with Crippen molar-refractivity contribution in [1.29, 1.82) is 0 Å². The number of hydrogen-bond acceptors (Lipinski definition) is 3. The Morgan fingerprint density at radius 1 is 1.24 bits per heavy atom. The van der Waals surface area contributed by atoms with Crippen LogP contribution in [-0.4, -0.2) is 52.1 Å². The Morgan fingerprint density at radius 2 is 2.00 bits per heavy atom. The average molecular weight is 510 g/mol. The Bertz CT molecular complexity index is 736. The van der Waals surface area contributed by atoms with Crippen molar-refractivity contribution in [3.05, 3.63) is 54.1 Å². The van der Waals surface area contributed by atoms with Crippen LogP contribution in [0.5, 0.6) is 0 Å². The van der Waals surface area contributed by atoms with Gasteiger partial charge in [0.05, 0.1) is 12.9 Å². The van der Waals surface area contributed by atoms with Gasteiger partial charge in [0, 0.05) is 50.7 Å². The summed E-state index contributed by atoms with van der Waals surface area (Å²) in [5.74, 6) is 0.922. The van der Waals surface area contributed by atoms with E-state index in [1.807, 2.05) is 18.7 Å². The first-order chi connectivity index (χ1) is 13.6. The van der Waals surface area contributed by atoms with E-state index in [0.29, 0.717) is 18.6 Å². The van der Waals surface area contributed by atoms with Crippen molar-refractivity contribution in [2.24, 2.45) is 4.99 Å². The van der Waals surface area contributed by atoms with Crippen molar-refractivity contribution in [3.63, 3.8) is 0 Å². The standard InChI is InChI=1S/C22H34N6.HI/c1-4-24-22(26-21-8-11-28(12-9-21)18(2)3)25-15-19-6-5-7-20(14-19)16-27-13-10-23-17-27;/h5-7,10,13-14,17-18,21H,4,8-9,11-12,15-16H2,1-3H3,(H2,24,25,26);1H. The lowest BCUT2D eigenvalue weighted by Crippen LogP contribution is -2.49. The van der Waals surface area contributed by atoms with E-state index >= 15 is 0 Å². The summed E-state index contributed by atoms with van der Waals surface area (Å²) in [7, 11) is 0. The van der Waals surface area contributed by atoms with Crippen LogP contribution in [0.3, 0.4) is 0 Å². The summed E-state index contributed by atoms with van der Waals surface area (Å²) in [6.07, 6.45) is 7.99. The number of imidazole rings is 1. The number of hydrogen-bond donors (Lipinski definition) is 2. The van der Waals surface area contributed by atoms with Gasteiger partial charge in [-0.05, 0) is 44.7 Å². The molecular weight excluding hydrogens is 475 g/mol. The van der Waals surface area contributed by atoms with Crippen LogP contribution in [0.15, 0.2) is 48.0 Å². The van der Waals surface area contributed by atoms with E-state index in [1.54, 1.807) is 0 Å². The van der Waals surface area contributed by atoms with Gasteiger partial charge in [-0.25, -0.2) is 9.98 Å². The predicted octanol–water partition coefficient (Wildman–Crippen LogP) is 3.48. The summed E-state index contributed by atoms with van der Waals surface area (Å²) in [5, 5.41) is 7.04. The first-order valence-electron chi connectivity index (χ1n) is 10.5. The Morgan fingerprint density at radius 3 is 2.66 bits per heavy atom. The third kappa shape index (κ3) is 7.62. The van der Waals surface area contributed by atoms with Gasteiger partial charge in [-0.1, -0.05) is 24.3 Å². The van der Waals surface area contributed by atoms with E-state index in [9.17, 15) is 0 Å². The molecule has 1 fully saturated rings. The zero-order chi connectivity index (χ0) is 19.8.